The molecule has 0 aliphatic rings. The van der Waals surface area contributed by atoms with Crippen molar-refractivity contribution < 1.29 is 9.53 Å². The van der Waals surface area contributed by atoms with Crippen molar-refractivity contribution in [3.63, 3.8) is 0 Å². The Morgan fingerprint density at radius 1 is 1.13 bits per heavy atom. The Kier molecular flexibility index (Phi) is 8.50. The van der Waals surface area contributed by atoms with Crippen molar-refractivity contribution in [3.05, 3.63) is 52.0 Å². The maximum absolute atomic E-state index is 13.2. The predicted octanol–water partition coefficient (Wildman–Crippen LogP) is 5.13. The van der Waals surface area contributed by atoms with Crippen LogP contribution in [0.25, 0.3) is 10.2 Å². The molecule has 5 nitrogen and oxygen atoms in total. The molecular weight excluding hydrogens is 441 g/mol. The Morgan fingerprint density at radius 2 is 1.87 bits per heavy atom. The molecule has 0 saturated carbocycles. The van der Waals surface area contributed by atoms with Gasteiger partial charge in [-0.3, -0.25) is 9.69 Å². The monoisotopic (exact) mass is 467 g/mol. The van der Waals surface area contributed by atoms with Crippen molar-refractivity contribution in [1.82, 2.24) is 9.88 Å². The molecule has 30 heavy (non-hydrogen) atoms. The third-order valence-electron chi connectivity index (χ3n) is 4.90. The van der Waals surface area contributed by atoms with Gasteiger partial charge in [-0.05, 0) is 56.8 Å². The highest BCUT2D eigenvalue weighted by Crippen LogP contribution is 2.38. The molecule has 0 N–H and O–H groups in total. The fourth-order valence-corrected chi connectivity index (χ4v) is 4.33. The maximum Gasteiger partial charge on any atom is 0.233 e. The summed E-state index contributed by atoms with van der Waals surface area (Å²) in [4.78, 5) is 21.8. The van der Waals surface area contributed by atoms with E-state index in [1.54, 1.807) is 24.1 Å². The molecule has 0 spiro atoms. The molecule has 0 radical (unpaired) electrons. The van der Waals surface area contributed by atoms with Crippen molar-refractivity contribution in [3.8, 4) is 5.75 Å². The Morgan fingerprint density at radius 3 is 2.50 bits per heavy atom. The number of carbonyl (C=O) groups is 1. The van der Waals surface area contributed by atoms with Gasteiger partial charge in [0.25, 0.3) is 0 Å². The summed E-state index contributed by atoms with van der Waals surface area (Å²) in [6.45, 7) is 5.42. The van der Waals surface area contributed by atoms with Crippen molar-refractivity contribution in [2.24, 2.45) is 0 Å². The topological polar surface area (TPSA) is 45.7 Å². The number of aryl methyl sites for hydroxylation is 2. The van der Waals surface area contributed by atoms with E-state index in [0.29, 0.717) is 34.4 Å². The second-order valence-electron chi connectivity index (χ2n) is 7.37. The van der Waals surface area contributed by atoms with E-state index in [1.165, 1.54) is 22.5 Å². The number of anilines is 1. The summed E-state index contributed by atoms with van der Waals surface area (Å²) < 4.78 is 6.26. The van der Waals surface area contributed by atoms with Crippen molar-refractivity contribution in [2.75, 3.05) is 39.2 Å². The zero-order chi connectivity index (χ0) is 21.1. The number of ether oxygens (including phenoxy) is 1. The highest BCUT2D eigenvalue weighted by Gasteiger charge is 2.22. The van der Waals surface area contributed by atoms with Crippen LogP contribution in [0.2, 0.25) is 5.02 Å². The molecule has 8 heteroatoms. The first-order valence-electron chi connectivity index (χ1n) is 9.44. The molecule has 0 aliphatic heterocycles. The van der Waals surface area contributed by atoms with Crippen molar-refractivity contribution in [1.29, 1.82) is 0 Å². The Hall–Kier alpha value is -1.86. The van der Waals surface area contributed by atoms with Gasteiger partial charge in [0.05, 0.1) is 23.3 Å². The second-order valence-corrected chi connectivity index (χ2v) is 8.75. The third-order valence-corrected chi connectivity index (χ3v) is 6.44. The summed E-state index contributed by atoms with van der Waals surface area (Å²) >= 11 is 7.80. The number of halogens is 2. The first-order valence-corrected chi connectivity index (χ1v) is 10.6. The molecule has 0 unspecified atom stereocenters. The predicted molar refractivity (Wildman–Crippen MR) is 129 cm³/mol. The molecule has 3 aromatic rings. The number of carbonyl (C=O) groups excluding carboxylic acids is 1. The largest absolute Gasteiger partial charge is 0.494 e. The zero-order valence-electron chi connectivity index (χ0n) is 17.9. The van der Waals surface area contributed by atoms with Gasteiger partial charge in [-0.2, -0.15) is 0 Å². The number of methoxy groups -OCH3 is 1. The van der Waals surface area contributed by atoms with Crippen molar-refractivity contribution in [2.45, 2.75) is 20.3 Å². The van der Waals surface area contributed by atoms with Gasteiger partial charge in [-0.25, -0.2) is 4.98 Å². The second kappa shape index (κ2) is 10.4. The number of aromatic nitrogens is 1. The van der Waals surface area contributed by atoms with Crippen LogP contribution in [0.5, 0.6) is 5.75 Å². The maximum atomic E-state index is 13.2. The molecule has 3 rings (SSSR count). The molecular formula is C22H27Cl2N3O2S. The van der Waals surface area contributed by atoms with E-state index < -0.39 is 0 Å². The normalized spacial score (nSPS) is 10.9. The van der Waals surface area contributed by atoms with Gasteiger partial charge in [0.2, 0.25) is 5.91 Å². The highest BCUT2D eigenvalue weighted by atomic mass is 35.5. The first kappa shape index (κ1) is 24.4. The lowest BCUT2D eigenvalue weighted by Crippen LogP contribution is -2.37. The van der Waals surface area contributed by atoms with Crippen LogP contribution in [0.1, 0.15) is 16.7 Å². The number of rotatable bonds is 7. The van der Waals surface area contributed by atoms with E-state index in [4.69, 9.17) is 21.3 Å². The van der Waals surface area contributed by atoms with Gasteiger partial charge in [0.15, 0.2) is 5.13 Å². The lowest BCUT2D eigenvalue weighted by atomic mass is 10.0. The number of benzene rings is 2. The van der Waals surface area contributed by atoms with Gasteiger partial charge < -0.3 is 9.64 Å². The van der Waals surface area contributed by atoms with E-state index >= 15 is 0 Å². The molecule has 0 atom stereocenters. The minimum Gasteiger partial charge on any atom is -0.494 e. The molecule has 1 heterocycles. The summed E-state index contributed by atoms with van der Waals surface area (Å²) in [5.41, 5.74) is 4.10. The quantitative estimate of drug-likeness (QED) is 0.482. The minimum atomic E-state index is 0. The SMILES string of the molecule is COc1ccc(Cl)c2sc(N(CCN(C)C)C(=O)Cc3ccc(C)c(C)c3)nc12.Cl. The van der Waals surface area contributed by atoms with Crippen LogP contribution in [-0.2, 0) is 11.2 Å². The van der Waals surface area contributed by atoms with Gasteiger partial charge in [-0.1, -0.05) is 41.1 Å². The molecule has 2 aromatic carbocycles. The number of hydrogen-bond donors (Lipinski definition) is 0. The summed E-state index contributed by atoms with van der Waals surface area (Å²) in [5, 5.41) is 1.25. The zero-order valence-corrected chi connectivity index (χ0v) is 20.2. The van der Waals surface area contributed by atoms with Gasteiger partial charge in [-0.15, -0.1) is 12.4 Å². The van der Waals surface area contributed by atoms with E-state index in [1.807, 2.05) is 20.2 Å². The van der Waals surface area contributed by atoms with Crippen LogP contribution < -0.4 is 9.64 Å². The summed E-state index contributed by atoms with van der Waals surface area (Å²) in [7, 11) is 5.59. The number of hydrogen-bond acceptors (Lipinski definition) is 5. The lowest BCUT2D eigenvalue weighted by Gasteiger charge is -2.22. The highest BCUT2D eigenvalue weighted by molar-refractivity contribution is 7.23. The number of likely N-dealkylation sites (N-methyl/N-ethyl adjacent to an activating group) is 1. The summed E-state index contributed by atoms with van der Waals surface area (Å²) in [5.74, 6) is 0.672. The summed E-state index contributed by atoms with van der Waals surface area (Å²) in [6, 6.07) is 9.75. The molecule has 1 amide bonds. The fourth-order valence-electron chi connectivity index (χ4n) is 3.03. The third kappa shape index (κ3) is 5.43. The smallest absolute Gasteiger partial charge is 0.233 e. The molecule has 0 saturated heterocycles. The molecule has 162 valence electrons. The van der Waals surface area contributed by atoms with Gasteiger partial charge >= 0.3 is 0 Å². The van der Waals surface area contributed by atoms with Gasteiger partial charge in [0.1, 0.15) is 11.3 Å². The van der Waals surface area contributed by atoms with Crippen LogP contribution in [0, 0.1) is 13.8 Å². The number of thiazole rings is 1. The van der Waals surface area contributed by atoms with E-state index in [0.717, 1.165) is 16.8 Å². The molecule has 0 fully saturated rings. The van der Waals surface area contributed by atoms with E-state index in [2.05, 4.69) is 30.9 Å². The van der Waals surface area contributed by atoms with E-state index in [-0.39, 0.29) is 18.3 Å². The van der Waals surface area contributed by atoms with Crippen LogP contribution in [0.15, 0.2) is 30.3 Å². The number of amides is 1. The molecule has 0 aliphatic carbocycles. The fraction of sp³-hybridized carbons (Fsp3) is 0.364. The van der Waals surface area contributed by atoms with Crippen LogP contribution in [0.3, 0.4) is 0 Å². The first-order chi connectivity index (χ1) is 13.8. The van der Waals surface area contributed by atoms with Crippen LogP contribution in [0.4, 0.5) is 5.13 Å². The van der Waals surface area contributed by atoms with E-state index in [9.17, 15) is 4.79 Å². The average Bonchev–Trinajstić information content (AvgIpc) is 3.11. The Bertz CT molecular complexity index is 1040. The minimum absolute atomic E-state index is 0. The number of nitrogens with zero attached hydrogens (tertiary/aromatic N) is 3. The summed E-state index contributed by atoms with van der Waals surface area (Å²) in [6.07, 6.45) is 0.329. The molecule has 1 aromatic heterocycles. The molecule has 0 bridgehead atoms. The Balaban J connectivity index is 0.00000320. The number of fused-ring (bicyclic) bond motifs is 1. The standard InChI is InChI=1S/C22H26ClN3O2S.ClH/c1-14-6-7-16(12-15(14)2)13-19(27)26(11-10-25(3)4)22-24-20-18(28-5)9-8-17(23)21(20)29-22;/h6-9,12H,10-11,13H2,1-5H3;1H. The van der Waals surface area contributed by atoms with Crippen LogP contribution in [-0.4, -0.2) is 50.1 Å². The lowest BCUT2D eigenvalue weighted by molar-refractivity contribution is -0.118. The van der Waals surface area contributed by atoms with Gasteiger partial charge in [0, 0.05) is 13.1 Å². The Labute approximate surface area is 193 Å². The average molecular weight is 468 g/mol. The van der Waals surface area contributed by atoms with Crippen molar-refractivity contribution >= 4 is 56.6 Å². The van der Waals surface area contributed by atoms with Crippen LogP contribution >= 0.6 is 35.3 Å².